The summed E-state index contributed by atoms with van der Waals surface area (Å²) in [5, 5.41) is 7.90. The molecule has 3 aliphatic heterocycles. The average Bonchev–Trinajstić information content (AvgIpc) is 3.47. The van der Waals surface area contributed by atoms with E-state index in [0.29, 0.717) is 25.4 Å². The number of aliphatic imine (C=N–C) groups is 1. The Morgan fingerprint density at radius 3 is 2.34 bits per heavy atom. The largest absolute Gasteiger partial charge is 0.490 e. The first-order chi connectivity index (χ1) is 18.0. The quantitative estimate of drug-likeness (QED) is 0.421. The highest BCUT2D eigenvalue weighted by molar-refractivity contribution is 8.13. The summed E-state index contributed by atoms with van der Waals surface area (Å²) >= 11 is 1.65. The van der Waals surface area contributed by atoms with Crippen LogP contribution in [-0.2, 0) is 30.3 Å². The Balaban J connectivity index is 0.000000426. The highest BCUT2D eigenvalue weighted by Crippen LogP contribution is 2.54. The Bertz CT molecular complexity index is 1140. The minimum atomic E-state index is -5.08. The van der Waals surface area contributed by atoms with Gasteiger partial charge in [0.2, 0.25) is 11.8 Å². The number of halogens is 3. The van der Waals surface area contributed by atoms with Gasteiger partial charge in [0, 0.05) is 18.7 Å². The van der Waals surface area contributed by atoms with Gasteiger partial charge in [-0.1, -0.05) is 42.1 Å². The van der Waals surface area contributed by atoms with E-state index in [2.05, 4.69) is 0 Å². The van der Waals surface area contributed by atoms with Crippen molar-refractivity contribution >= 4 is 40.7 Å². The van der Waals surface area contributed by atoms with E-state index in [4.69, 9.17) is 19.6 Å². The predicted octanol–water partition coefficient (Wildman–Crippen LogP) is 2.59. The molecule has 3 fully saturated rings. The van der Waals surface area contributed by atoms with E-state index in [1.54, 1.807) is 18.7 Å². The number of hydrogen-bond donors (Lipinski definition) is 1. The highest BCUT2D eigenvalue weighted by atomic mass is 32.2. The fourth-order valence-corrected chi connectivity index (χ4v) is 6.80. The van der Waals surface area contributed by atoms with Crippen LogP contribution in [0.2, 0.25) is 0 Å². The Morgan fingerprint density at radius 1 is 1.18 bits per heavy atom. The summed E-state index contributed by atoms with van der Waals surface area (Å²) in [4.78, 5) is 57.3. The van der Waals surface area contributed by atoms with Crippen LogP contribution in [-0.4, -0.2) is 87.5 Å². The van der Waals surface area contributed by atoms with Crippen molar-refractivity contribution in [1.82, 2.24) is 9.80 Å². The number of amidine groups is 1. The van der Waals surface area contributed by atoms with Gasteiger partial charge in [0.1, 0.15) is 0 Å². The zero-order chi connectivity index (χ0) is 27.8. The van der Waals surface area contributed by atoms with Crippen molar-refractivity contribution in [1.29, 1.82) is 0 Å². The number of ether oxygens (including phenoxy) is 1. The molecule has 38 heavy (non-hydrogen) atoms. The SMILES string of the molecule is CCN1C(=O)[C@H]2[C@H]3CN=C(SCC4CC4)N3[C@@](Cc3ccccc3)(C(=O)OC)[C@H]2C1=O.O=C(O)C(F)(F)F. The van der Waals surface area contributed by atoms with Crippen LogP contribution in [0.4, 0.5) is 13.2 Å². The number of carbonyl (C=O) groups excluding carboxylic acids is 3. The summed E-state index contributed by atoms with van der Waals surface area (Å²) in [7, 11) is 1.36. The van der Waals surface area contributed by atoms with Crippen LogP contribution < -0.4 is 0 Å². The van der Waals surface area contributed by atoms with E-state index in [0.717, 1.165) is 16.5 Å². The molecule has 0 bridgehead atoms. The molecule has 0 radical (unpaired) electrons. The van der Waals surface area contributed by atoms with Crippen LogP contribution in [0.15, 0.2) is 35.3 Å². The molecule has 5 rings (SSSR count). The van der Waals surface area contributed by atoms with Gasteiger partial charge in [0.15, 0.2) is 10.7 Å². The molecule has 1 aromatic carbocycles. The van der Waals surface area contributed by atoms with Crippen molar-refractivity contribution in [2.24, 2.45) is 22.7 Å². The molecule has 4 atom stereocenters. The van der Waals surface area contributed by atoms with Gasteiger partial charge in [-0.25, -0.2) is 9.59 Å². The Kier molecular flexibility index (Phi) is 7.78. The first-order valence-electron chi connectivity index (χ1n) is 12.2. The number of carboxylic acids is 1. The van der Waals surface area contributed by atoms with Gasteiger partial charge >= 0.3 is 18.1 Å². The van der Waals surface area contributed by atoms with Crippen LogP contribution in [0.25, 0.3) is 0 Å². The molecule has 0 aromatic heterocycles. The number of methoxy groups -OCH3 is 1. The molecule has 4 aliphatic rings. The van der Waals surface area contributed by atoms with Crippen LogP contribution in [0.5, 0.6) is 0 Å². The Hall–Kier alpha value is -3.09. The average molecular weight is 556 g/mol. The summed E-state index contributed by atoms with van der Waals surface area (Å²) in [6, 6.07) is 9.39. The number of imide groups is 1. The number of likely N-dealkylation sites (tertiary alicyclic amines) is 1. The number of hydrogen-bond acceptors (Lipinski definition) is 8. The zero-order valence-corrected chi connectivity index (χ0v) is 21.6. The molecule has 0 unspecified atom stereocenters. The van der Waals surface area contributed by atoms with Gasteiger partial charge in [-0.05, 0) is 31.2 Å². The van der Waals surface area contributed by atoms with E-state index in [1.165, 1.54) is 24.9 Å². The lowest BCUT2D eigenvalue weighted by molar-refractivity contribution is -0.192. The number of nitrogens with zero attached hydrogens (tertiary/aromatic N) is 3. The number of rotatable bonds is 6. The summed E-state index contributed by atoms with van der Waals surface area (Å²) in [6.45, 7) is 2.54. The number of fused-ring (bicyclic) bond motifs is 3. The third-order valence-corrected chi connectivity index (χ3v) is 8.53. The molecule has 1 N–H and O–H groups in total. The summed E-state index contributed by atoms with van der Waals surface area (Å²) in [5.41, 5.74) is -0.338. The van der Waals surface area contributed by atoms with Gasteiger partial charge in [-0.15, -0.1) is 0 Å². The summed E-state index contributed by atoms with van der Waals surface area (Å²) in [6.07, 6.45) is -2.33. The number of alkyl halides is 3. The molecule has 1 aromatic rings. The third-order valence-electron chi connectivity index (χ3n) is 7.31. The standard InChI is InChI=1S/C23H27N3O4S.C2HF3O2/c1-3-25-19(27)17-16-12-24-22(31-13-15-9-10-15)26(16)23(21(29)30-2,18(17)20(25)28)11-14-7-5-4-6-8-14;3-2(4,5)1(6)7/h4-8,15-18H,3,9-13H2,1-2H3;(H,6,7)/t16-,17+,18-,23-;/m1./s1. The maximum absolute atomic E-state index is 13.6. The maximum Gasteiger partial charge on any atom is 0.490 e. The van der Waals surface area contributed by atoms with Gasteiger partial charge in [-0.2, -0.15) is 13.2 Å². The summed E-state index contributed by atoms with van der Waals surface area (Å²) < 4.78 is 37.1. The number of thioether (sulfide) groups is 1. The fraction of sp³-hybridized carbons (Fsp3) is 0.560. The van der Waals surface area contributed by atoms with Crippen LogP contribution in [0, 0.1) is 17.8 Å². The predicted molar refractivity (Wildman–Crippen MR) is 131 cm³/mol. The first kappa shape index (κ1) is 27.9. The van der Waals surface area contributed by atoms with Gasteiger partial charge in [-0.3, -0.25) is 19.5 Å². The van der Waals surface area contributed by atoms with Crippen molar-refractivity contribution in [3.8, 4) is 0 Å². The van der Waals surface area contributed by atoms with Gasteiger partial charge < -0.3 is 14.7 Å². The lowest BCUT2D eigenvalue weighted by Crippen LogP contribution is -2.61. The van der Waals surface area contributed by atoms with Crippen molar-refractivity contribution < 1.29 is 42.2 Å². The minimum absolute atomic E-state index is 0.185. The second kappa shape index (κ2) is 10.6. The molecule has 2 amide bonds. The topological polar surface area (TPSA) is 117 Å². The van der Waals surface area contributed by atoms with Crippen molar-refractivity contribution in [2.45, 2.75) is 43.9 Å². The van der Waals surface area contributed by atoms with Crippen molar-refractivity contribution in [3.05, 3.63) is 35.9 Å². The molecule has 2 saturated heterocycles. The lowest BCUT2D eigenvalue weighted by Gasteiger charge is -2.40. The number of carboxylic acid groups (broad SMARTS) is 1. The second-order valence-electron chi connectivity index (χ2n) is 9.62. The van der Waals surface area contributed by atoms with Gasteiger partial charge in [0.25, 0.3) is 0 Å². The Morgan fingerprint density at radius 2 is 1.82 bits per heavy atom. The van der Waals surface area contributed by atoms with E-state index in [1.807, 2.05) is 35.2 Å². The number of aliphatic carboxylic acids is 1. The molecule has 9 nitrogen and oxygen atoms in total. The Labute approximate surface area is 221 Å². The lowest BCUT2D eigenvalue weighted by atomic mass is 9.76. The molecule has 1 saturated carbocycles. The molecule has 13 heteroatoms. The molecule has 206 valence electrons. The number of carbonyl (C=O) groups is 4. The van der Waals surface area contributed by atoms with E-state index in [9.17, 15) is 27.6 Å². The highest BCUT2D eigenvalue weighted by Gasteiger charge is 2.73. The summed E-state index contributed by atoms with van der Waals surface area (Å²) in [5.74, 6) is -3.36. The first-order valence-corrected chi connectivity index (χ1v) is 13.2. The molecular weight excluding hydrogens is 527 g/mol. The number of esters is 1. The molecule has 1 aliphatic carbocycles. The zero-order valence-electron chi connectivity index (χ0n) is 20.8. The van der Waals surface area contributed by atoms with Gasteiger partial charge in [0.05, 0.1) is 31.5 Å². The molecule has 0 spiro atoms. The molecular formula is C25H28F3N3O6S. The van der Waals surface area contributed by atoms with Crippen molar-refractivity contribution in [2.75, 3.05) is 26.0 Å². The fourth-order valence-electron chi connectivity index (χ4n) is 5.48. The normalized spacial score (nSPS) is 27.9. The maximum atomic E-state index is 13.6. The van der Waals surface area contributed by atoms with Crippen molar-refractivity contribution in [3.63, 3.8) is 0 Å². The number of amides is 2. The van der Waals surface area contributed by atoms with Crippen LogP contribution in [0.1, 0.15) is 25.3 Å². The number of benzene rings is 1. The van der Waals surface area contributed by atoms with E-state index < -0.39 is 35.5 Å². The third kappa shape index (κ3) is 4.87. The van der Waals surface area contributed by atoms with Crippen LogP contribution >= 0.6 is 11.8 Å². The smallest absolute Gasteiger partial charge is 0.475 e. The second-order valence-corrected chi connectivity index (χ2v) is 10.6. The monoisotopic (exact) mass is 555 g/mol. The minimum Gasteiger partial charge on any atom is -0.475 e. The van der Waals surface area contributed by atoms with E-state index >= 15 is 0 Å². The van der Waals surface area contributed by atoms with Crippen LogP contribution in [0.3, 0.4) is 0 Å². The van der Waals surface area contributed by atoms with E-state index in [-0.39, 0.29) is 17.9 Å². The molecule has 3 heterocycles.